The molecule has 1 aromatic rings. The molecular weight excluding hydrogens is 212 g/mol. The van der Waals surface area contributed by atoms with Gasteiger partial charge < -0.3 is 20.3 Å². The van der Waals surface area contributed by atoms with Crippen molar-refractivity contribution in [2.45, 2.75) is 6.42 Å². The standard InChI is InChI=1S/C10H14N2O4/c1-15-9-7(11)5-6(3-4-13)12-8(9)10(14)16-2/h5,13H,3-4H2,1-2H3,(H2,11,12). The highest BCUT2D eigenvalue weighted by Crippen LogP contribution is 2.26. The second kappa shape index (κ2) is 5.32. The van der Waals surface area contributed by atoms with Gasteiger partial charge in [0.1, 0.15) is 0 Å². The number of carbonyl (C=O) groups excluding carboxylic acids is 1. The molecule has 88 valence electrons. The molecule has 0 aliphatic carbocycles. The Balaban J connectivity index is 3.24. The van der Waals surface area contributed by atoms with Gasteiger partial charge in [-0.3, -0.25) is 0 Å². The molecule has 0 saturated carbocycles. The van der Waals surface area contributed by atoms with E-state index in [0.29, 0.717) is 17.8 Å². The maximum Gasteiger partial charge on any atom is 0.360 e. The van der Waals surface area contributed by atoms with Crippen LogP contribution in [0.1, 0.15) is 16.2 Å². The van der Waals surface area contributed by atoms with Crippen LogP contribution in [0.2, 0.25) is 0 Å². The monoisotopic (exact) mass is 226 g/mol. The van der Waals surface area contributed by atoms with Crippen LogP contribution in [0.25, 0.3) is 0 Å². The fourth-order valence-corrected chi connectivity index (χ4v) is 1.30. The second-order valence-corrected chi connectivity index (χ2v) is 3.05. The first kappa shape index (κ1) is 12.3. The van der Waals surface area contributed by atoms with Gasteiger partial charge >= 0.3 is 5.97 Å². The summed E-state index contributed by atoms with van der Waals surface area (Å²) >= 11 is 0. The van der Waals surface area contributed by atoms with Crippen molar-refractivity contribution < 1.29 is 19.4 Å². The molecule has 1 rings (SSSR count). The van der Waals surface area contributed by atoms with Gasteiger partial charge in [0.05, 0.1) is 19.9 Å². The topological polar surface area (TPSA) is 94.7 Å². The summed E-state index contributed by atoms with van der Waals surface area (Å²) in [6, 6.07) is 1.56. The molecule has 0 bridgehead atoms. The predicted octanol–water partition coefficient (Wildman–Crippen LogP) is -0.00620. The van der Waals surface area contributed by atoms with Crippen molar-refractivity contribution in [1.82, 2.24) is 4.98 Å². The molecule has 16 heavy (non-hydrogen) atoms. The number of rotatable bonds is 4. The second-order valence-electron chi connectivity index (χ2n) is 3.05. The molecule has 0 radical (unpaired) electrons. The van der Waals surface area contributed by atoms with Crippen LogP contribution in [0.5, 0.6) is 5.75 Å². The predicted molar refractivity (Wildman–Crippen MR) is 57.3 cm³/mol. The minimum atomic E-state index is -0.622. The minimum Gasteiger partial charge on any atom is -0.492 e. The van der Waals surface area contributed by atoms with E-state index < -0.39 is 5.97 Å². The van der Waals surface area contributed by atoms with E-state index in [9.17, 15) is 4.79 Å². The first-order valence-corrected chi connectivity index (χ1v) is 4.66. The van der Waals surface area contributed by atoms with Gasteiger partial charge in [0, 0.05) is 18.7 Å². The molecule has 0 aromatic carbocycles. The van der Waals surface area contributed by atoms with Gasteiger partial charge in [-0.05, 0) is 6.07 Å². The average Bonchev–Trinajstić information content (AvgIpc) is 2.27. The van der Waals surface area contributed by atoms with Crippen molar-refractivity contribution >= 4 is 11.7 Å². The molecule has 3 N–H and O–H groups in total. The lowest BCUT2D eigenvalue weighted by atomic mass is 10.2. The largest absolute Gasteiger partial charge is 0.492 e. The fraction of sp³-hybridized carbons (Fsp3) is 0.400. The summed E-state index contributed by atoms with van der Waals surface area (Å²) in [7, 11) is 2.64. The number of hydrogen-bond donors (Lipinski definition) is 2. The zero-order valence-electron chi connectivity index (χ0n) is 9.19. The third kappa shape index (κ3) is 2.40. The van der Waals surface area contributed by atoms with Crippen molar-refractivity contribution in [3.8, 4) is 5.75 Å². The molecule has 6 heteroatoms. The van der Waals surface area contributed by atoms with E-state index in [4.69, 9.17) is 15.6 Å². The summed E-state index contributed by atoms with van der Waals surface area (Å²) in [4.78, 5) is 15.4. The third-order valence-corrected chi connectivity index (χ3v) is 2.01. The number of pyridine rings is 1. The summed E-state index contributed by atoms with van der Waals surface area (Å²) < 4.78 is 9.55. The molecule has 6 nitrogen and oxygen atoms in total. The van der Waals surface area contributed by atoms with Crippen LogP contribution >= 0.6 is 0 Å². The van der Waals surface area contributed by atoms with Crippen LogP contribution in [0.4, 0.5) is 5.69 Å². The summed E-state index contributed by atoms with van der Waals surface area (Å²) in [6.07, 6.45) is 0.318. The van der Waals surface area contributed by atoms with Crippen LogP contribution in [0, 0.1) is 0 Å². The highest BCUT2D eigenvalue weighted by Gasteiger charge is 2.18. The zero-order valence-corrected chi connectivity index (χ0v) is 9.19. The number of ether oxygens (including phenoxy) is 2. The lowest BCUT2D eigenvalue weighted by Crippen LogP contribution is -2.11. The minimum absolute atomic E-state index is 0.0217. The Kier molecular flexibility index (Phi) is 4.07. The Bertz CT molecular complexity index is 393. The van der Waals surface area contributed by atoms with Crippen LogP contribution < -0.4 is 10.5 Å². The first-order chi connectivity index (χ1) is 7.63. The summed E-state index contributed by atoms with van der Waals surface area (Å²) in [5, 5.41) is 8.80. The van der Waals surface area contributed by atoms with E-state index in [2.05, 4.69) is 9.72 Å². The van der Waals surface area contributed by atoms with E-state index in [-0.39, 0.29) is 18.1 Å². The molecule has 0 saturated heterocycles. The maximum atomic E-state index is 11.4. The number of nitrogens with two attached hydrogens (primary N) is 1. The Hall–Kier alpha value is -1.82. The van der Waals surface area contributed by atoms with E-state index >= 15 is 0 Å². The van der Waals surface area contributed by atoms with Gasteiger partial charge in [0.15, 0.2) is 11.4 Å². The number of anilines is 1. The van der Waals surface area contributed by atoms with Gasteiger partial charge in [-0.15, -0.1) is 0 Å². The molecule has 0 unspecified atom stereocenters. The SMILES string of the molecule is COC(=O)c1nc(CCO)cc(N)c1OC. The Morgan fingerprint density at radius 1 is 1.56 bits per heavy atom. The lowest BCUT2D eigenvalue weighted by molar-refractivity contribution is 0.0589. The highest BCUT2D eigenvalue weighted by molar-refractivity contribution is 5.92. The van der Waals surface area contributed by atoms with Crippen LogP contribution in [0.3, 0.4) is 0 Å². The molecule has 0 amide bonds. The number of aliphatic hydroxyl groups excluding tert-OH is 1. The molecule has 0 spiro atoms. The van der Waals surface area contributed by atoms with Crippen molar-refractivity contribution in [2.24, 2.45) is 0 Å². The number of hydrogen-bond acceptors (Lipinski definition) is 6. The quantitative estimate of drug-likeness (QED) is 0.701. The molecule has 0 fully saturated rings. The molecule has 0 atom stereocenters. The lowest BCUT2D eigenvalue weighted by Gasteiger charge is -2.10. The number of carbonyl (C=O) groups is 1. The van der Waals surface area contributed by atoms with Crippen LogP contribution in [0.15, 0.2) is 6.07 Å². The van der Waals surface area contributed by atoms with Crippen LogP contribution in [-0.4, -0.2) is 36.9 Å². The average molecular weight is 226 g/mol. The fourth-order valence-electron chi connectivity index (χ4n) is 1.30. The van der Waals surface area contributed by atoms with Crippen molar-refractivity contribution in [1.29, 1.82) is 0 Å². The van der Waals surface area contributed by atoms with Crippen molar-refractivity contribution in [3.05, 3.63) is 17.5 Å². The number of aliphatic hydroxyl groups is 1. The number of aromatic nitrogens is 1. The normalized spacial score (nSPS) is 9.94. The van der Waals surface area contributed by atoms with E-state index in [1.54, 1.807) is 6.07 Å². The smallest absolute Gasteiger partial charge is 0.360 e. The molecule has 1 aromatic heterocycles. The van der Waals surface area contributed by atoms with Gasteiger partial charge in [-0.1, -0.05) is 0 Å². The summed E-state index contributed by atoms with van der Waals surface area (Å²) in [6.45, 7) is -0.0701. The Labute approximate surface area is 93.0 Å². The number of nitrogen functional groups attached to an aromatic ring is 1. The van der Waals surface area contributed by atoms with Crippen molar-refractivity contribution in [2.75, 3.05) is 26.6 Å². The molecule has 0 aliphatic heterocycles. The van der Waals surface area contributed by atoms with E-state index in [0.717, 1.165) is 0 Å². The van der Waals surface area contributed by atoms with Gasteiger partial charge in [0.25, 0.3) is 0 Å². The molecule has 1 heterocycles. The van der Waals surface area contributed by atoms with E-state index in [1.807, 2.05) is 0 Å². The van der Waals surface area contributed by atoms with Gasteiger partial charge in [0.2, 0.25) is 0 Å². The zero-order chi connectivity index (χ0) is 12.1. The first-order valence-electron chi connectivity index (χ1n) is 4.66. The van der Waals surface area contributed by atoms with Crippen molar-refractivity contribution in [3.63, 3.8) is 0 Å². The highest BCUT2D eigenvalue weighted by atomic mass is 16.5. The Morgan fingerprint density at radius 2 is 2.25 bits per heavy atom. The van der Waals surface area contributed by atoms with E-state index in [1.165, 1.54) is 14.2 Å². The van der Waals surface area contributed by atoms with Gasteiger partial charge in [-0.25, -0.2) is 9.78 Å². The number of esters is 1. The number of nitrogens with zero attached hydrogens (tertiary/aromatic N) is 1. The molecule has 0 aliphatic rings. The van der Waals surface area contributed by atoms with Crippen LogP contribution in [-0.2, 0) is 11.2 Å². The Morgan fingerprint density at radius 3 is 2.75 bits per heavy atom. The third-order valence-electron chi connectivity index (χ3n) is 2.01. The number of methoxy groups -OCH3 is 2. The summed E-state index contributed by atoms with van der Waals surface area (Å²) in [5.41, 5.74) is 6.53. The summed E-state index contributed by atoms with van der Waals surface area (Å²) in [5.74, 6) is -0.433. The van der Waals surface area contributed by atoms with Gasteiger partial charge in [-0.2, -0.15) is 0 Å². The molecular formula is C10H14N2O4. The maximum absolute atomic E-state index is 11.4.